The zero-order valence-corrected chi connectivity index (χ0v) is 13.6. The largest absolute Gasteiger partial charge is 0.336 e. The molecule has 1 amide bonds. The second kappa shape index (κ2) is 7.31. The molecular weight excluding hydrogens is 353 g/mol. The maximum absolute atomic E-state index is 12.2. The number of amides is 1. The lowest BCUT2D eigenvalue weighted by Crippen LogP contribution is -2.41. The zero-order chi connectivity index (χ0) is 15.3. The van der Waals surface area contributed by atoms with Crippen molar-refractivity contribution in [2.45, 2.75) is 14.2 Å². The first-order valence-electron chi connectivity index (χ1n) is 5.82. The zero-order valence-electron chi connectivity index (χ0n) is 10.5. The Hall–Kier alpha value is -1.01. The highest BCUT2D eigenvalue weighted by Gasteiger charge is 2.35. The fraction of sp³-hybridized carbons (Fsp3) is 0.154. The van der Waals surface area contributed by atoms with Crippen LogP contribution in [-0.2, 0) is 0 Å². The number of nitrogens with zero attached hydrogens (tertiary/aromatic N) is 2. The number of rotatable bonds is 4. The van der Waals surface area contributed by atoms with Crippen LogP contribution in [0.5, 0.6) is 0 Å². The first-order valence-corrected chi connectivity index (χ1v) is 7.83. The number of alkyl halides is 3. The van der Waals surface area contributed by atoms with Crippen LogP contribution < -0.4 is 5.32 Å². The van der Waals surface area contributed by atoms with Crippen molar-refractivity contribution in [3.63, 3.8) is 0 Å². The summed E-state index contributed by atoms with van der Waals surface area (Å²) in [7, 11) is 0. The minimum atomic E-state index is -1.68. The van der Waals surface area contributed by atoms with Gasteiger partial charge in [0, 0.05) is 11.8 Å². The predicted octanol–water partition coefficient (Wildman–Crippen LogP) is 3.70. The van der Waals surface area contributed by atoms with Crippen LogP contribution in [0.1, 0.15) is 10.4 Å². The summed E-state index contributed by atoms with van der Waals surface area (Å²) in [5, 5.41) is 2.49. The maximum Gasteiger partial charge on any atom is 0.252 e. The third-order valence-electron chi connectivity index (χ3n) is 2.39. The van der Waals surface area contributed by atoms with Gasteiger partial charge in [-0.15, -0.1) is 0 Å². The van der Waals surface area contributed by atoms with Gasteiger partial charge in [-0.25, -0.2) is 9.97 Å². The van der Waals surface area contributed by atoms with Crippen molar-refractivity contribution in [3.8, 4) is 0 Å². The quantitative estimate of drug-likeness (QED) is 0.390. The molecule has 2 aromatic rings. The van der Waals surface area contributed by atoms with Crippen molar-refractivity contribution >= 4 is 52.5 Å². The molecule has 0 aliphatic rings. The fourth-order valence-electron chi connectivity index (χ4n) is 1.44. The smallest absolute Gasteiger partial charge is 0.252 e. The lowest BCUT2D eigenvalue weighted by Gasteiger charge is -2.24. The molecule has 21 heavy (non-hydrogen) atoms. The number of hydrogen-bond donors (Lipinski definition) is 1. The van der Waals surface area contributed by atoms with Crippen LogP contribution in [0.2, 0.25) is 0 Å². The van der Waals surface area contributed by atoms with Gasteiger partial charge in [0.05, 0.1) is 0 Å². The monoisotopic (exact) mass is 361 g/mol. The number of nitrogens with one attached hydrogen (secondary N) is 1. The molecule has 0 saturated carbocycles. The number of aromatic nitrogens is 2. The first kappa shape index (κ1) is 16.4. The molecule has 2 rings (SSSR count). The van der Waals surface area contributed by atoms with E-state index < -0.39 is 9.17 Å². The summed E-state index contributed by atoms with van der Waals surface area (Å²) in [5.74, 6) is -0.325. The average Bonchev–Trinajstić information content (AvgIpc) is 2.47. The van der Waals surface area contributed by atoms with Gasteiger partial charge < -0.3 is 5.32 Å². The molecule has 0 aliphatic heterocycles. The van der Waals surface area contributed by atoms with Gasteiger partial charge in [-0.3, -0.25) is 4.79 Å². The number of hydrogen-bond acceptors (Lipinski definition) is 4. The van der Waals surface area contributed by atoms with Gasteiger partial charge in [0.1, 0.15) is 16.7 Å². The lowest BCUT2D eigenvalue weighted by molar-refractivity contribution is 0.0950. The molecule has 4 nitrogen and oxygen atoms in total. The van der Waals surface area contributed by atoms with Crippen LogP contribution in [-0.4, -0.2) is 25.0 Å². The maximum atomic E-state index is 12.2. The Labute approximate surface area is 141 Å². The highest BCUT2D eigenvalue weighted by atomic mass is 35.6. The molecule has 0 spiro atoms. The minimum Gasteiger partial charge on any atom is -0.336 e. The standard InChI is InChI=1S/C13H10Cl3N3OS/c14-13(15,16)12(21-10-6-7-17-8-18-10)19-11(20)9-4-2-1-3-5-9/h1-8,12H,(H,19,20)/t12-/m0/s1. The molecule has 0 radical (unpaired) electrons. The SMILES string of the molecule is O=C(N[C@@H](Sc1ccncn1)C(Cl)(Cl)Cl)c1ccccc1. The second-order valence-corrected chi connectivity index (χ2v) is 7.42. The molecule has 110 valence electrons. The average molecular weight is 363 g/mol. The molecule has 0 unspecified atom stereocenters. The summed E-state index contributed by atoms with van der Waals surface area (Å²) >= 11 is 18.9. The number of carbonyl (C=O) groups is 1. The van der Waals surface area contributed by atoms with Gasteiger partial charge in [-0.1, -0.05) is 64.8 Å². The molecule has 0 bridgehead atoms. The molecule has 1 heterocycles. The Morgan fingerprint density at radius 1 is 1.19 bits per heavy atom. The van der Waals surface area contributed by atoms with Crippen LogP contribution in [0.15, 0.2) is 53.9 Å². The topological polar surface area (TPSA) is 54.9 Å². The molecule has 1 aromatic carbocycles. The molecule has 0 aliphatic carbocycles. The van der Waals surface area contributed by atoms with E-state index in [0.717, 1.165) is 11.8 Å². The van der Waals surface area contributed by atoms with Gasteiger partial charge in [-0.05, 0) is 18.2 Å². The Kier molecular flexibility index (Phi) is 5.70. The van der Waals surface area contributed by atoms with E-state index in [2.05, 4.69) is 15.3 Å². The van der Waals surface area contributed by atoms with E-state index >= 15 is 0 Å². The molecule has 1 N–H and O–H groups in total. The van der Waals surface area contributed by atoms with Gasteiger partial charge in [0.15, 0.2) is 0 Å². The fourth-order valence-corrected chi connectivity index (χ4v) is 2.79. The molecule has 1 aromatic heterocycles. The number of carbonyl (C=O) groups excluding carboxylic acids is 1. The summed E-state index contributed by atoms with van der Waals surface area (Å²) in [6, 6.07) is 10.4. The van der Waals surface area contributed by atoms with E-state index in [1.165, 1.54) is 6.33 Å². The second-order valence-electron chi connectivity index (χ2n) is 3.93. The molecule has 8 heteroatoms. The van der Waals surface area contributed by atoms with Gasteiger partial charge >= 0.3 is 0 Å². The van der Waals surface area contributed by atoms with Crippen LogP contribution in [0.25, 0.3) is 0 Å². The summed E-state index contributed by atoms with van der Waals surface area (Å²) in [6.45, 7) is 0. The van der Waals surface area contributed by atoms with Gasteiger partial charge in [0.2, 0.25) is 3.79 Å². The van der Waals surface area contributed by atoms with Gasteiger partial charge in [0.25, 0.3) is 5.91 Å². The summed E-state index contributed by atoms with van der Waals surface area (Å²) in [5.41, 5.74) is 0.486. The van der Waals surface area contributed by atoms with Crippen LogP contribution in [0.4, 0.5) is 0 Å². The third kappa shape index (κ3) is 5.04. The van der Waals surface area contributed by atoms with Crippen molar-refractivity contribution in [2.24, 2.45) is 0 Å². The Bertz CT molecular complexity index is 593. The van der Waals surface area contributed by atoms with Crippen LogP contribution in [0.3, 0.4) is 0 Å². The third-order valence-corrected chi connectivity index (χ3v) is 4.62. The van der Waals surface area contributed by atoms with Crippen molar-refractivity contribution < 1.29 is 4.79 Å². The molecule has 1 atom stereocenters. The van der Waals surface area contributed by atoms with E-state index in [9.17, 15) is 4.79 Å². The van der Waals surface area contributed by atoms with Crippen molar-refractivity contribution in [1.29, 1.82) is 0 Å². The summed E-state index contributed by atoms with van der Waals surface area (Å²) < 4.78 is -1.68. The number of thioether (sulfide) groups is 1. The van der Waals surface area contributed by atoms with E-state index in [4.69, 9.17) is 34.8 Å². The molecule has 0 saturated heterocycles. The summed E-state index contributed by atoms with van der Waals surface area (Å²) in [6.07, 6.45) is 2.96. The number of halogens is 3. The van der Waals surface area contributed by atoms with E-state index in [-0.39, 0.29) is 5.91 Å². The van der Waals surface area contributed by atoms with Crippen LogP contribution in [0, 0.1) is 0 Å². The summed E-state index contributed by atoms with van der Waals surface area (Å²) in [4.78, 5) is 20.0. The Morgan fingerprint density at radius 2 is 1.90 bits per heavy atom. The highest BCUT2D eigenvalue weighted by Crippen LogP contribution is 2.38. The highest BCUT2D eigenvalue weighted by molar-refractivity contribution is 8.00. The van der Waals surface area contributed by atoms with E-state index in [1.54, 1.807) is 36.5 Å². The van der Waals surface area contributed by atoms with Crippen LogP contribution >= 0.6 is 46.6 Å². The Morgan fingerprint density at radius 3 is 2.48 bits per heavy atom. The Balaban J connectivity index is 2.12. The van der Waals surface area contributed by atoms with Crippen molar-refractivity contribution in [2.75, 3.05) is 0 Å². The minimum absolute atomic E-state index is 0.325. The molecular formula is C13H10Cl3N3OS. The lowest BCUT2D eigenvalue weighted by atomic mass is 10.2. The molecule has 0 fully saturated rings. The van der Waals surface area contributed by atoms with Crippen molar-refractivity contribution in [3.05, 3.63) is 54.5 Å². The predicted molar refractivity (Wildman–Crippen MR) is 85.9 cm³/mol. The number of benzene rings is 1. The van der Waals surface area contributed by atoms with Crippen molar-refractivity contribution in [1.82, 2.24) is 15.3 Å². The van der Waals surface area contributed by atoms with Gasteiger partial charge in [-0.2, -0.15) is 0 Å². The first-order chi connectivity index (χ1) is 9.97. The van der Waals surface area contributed by atoms with E-state index in [1.807, 2.05) is 6.07 Å². The van der Waals surface area contributed by atoms with E-state index in [0.29, 0.717) is 10.6 Å². The normalized spacial score (nSPS) is 12.7.